The smallest absolute Gasteiger partial charge is 0.247 e. The van der Waals surface area contributed by atoms with E-state index in [1.165, 1.54) is 0 Å². The Balaban J connectivity index is 2.26. The minimum atomic E-state index is -3.45. The second-order valence-corrected chi connectivity index (χ2v) is 7.95. The van der Waals surface area contributed by atoms with Crippen LogP contribution < -0.4 is 0 Å². The van der Waals surface area contributed by atoms with Crippen molar-refractivity contribution < 1.29 is 13.2 Å². The normalized spacial score (nSPS) is 14.0. The predicted molar refractivity (Wildman–Crippen MR) is 84.9 cm³/mol. The Morgan fingerprint density at radius 1 is 1.35 bits per heavy atom. The number of aromatic nitrogens is 4. The van der Waals surface area contributed by atoms with Crippen molar-refractivity contribution in [1.82, 2.24) is 19.7 Å². The minimum Gasteiger partial charge on any atom is -0.378 e. The summed E-state index contributed by atoms with van der Waals surface area (Å²) >= 11 is 0. The molecule has 0 saturated heterocycles. The van der Waals surface area contributed by atoms with Crippen LogP contribution in [0.5, 0.6) is 0 Å². The van der Waals surface area contributed by atoms with Gasteiger partial charge in [0.05, 0.1) is 23.7 Å². The molecule has 1 aliphatic carbocycles. The van der Waals surface area contributed by atoms with E-state index in [0.717, 1.165) is 41.6 Å². The summed E-state index contributed by atoms with van der Waals surface area (Å²) in [4.78, 5) is 8.34. The summed E-state index contributed by atoms with van der Waals surface area (Å²) in [6, 6.07) is 0.136. The zero-order valence-electron chi connectivity index (χ0n) is 13.7. The molecule has 0 unspecified atom stereocenters. The summed E-state index contributed by atoms with van der Waals surface area (Å²) in [6.07, 6.45) is 4.34. The zero-order chi connectivity index (χ0) is 16.8. The third-order valence-electron chi connectivity index (χ3n) is 3.90. The Bertz CT molecular complexity index is 856. The summed E-state index contributed by atoms with van der Waals surface area (Å²) in [6.45, 7) is 4.51. The van der Waals surface area contributed by atoms with Crippen molar-refractivity contribution in [2.75, 3.05) is 13.4 Å². The van der Waals surface area contributed by atoms with Gasteiger partial charge in [0, 0.05) is 31.2 Å². The number of nitrogens with zero attached hydrogens (tertiary/aromatic N) is 4. The van der Waals surface area contributed by atoms with Crippen LogP contribution in [0.15, 0.2) is 11.4 Å². The van der Waals surface area contributed by atoms with Gasteiger partial charge < -0.3 is 4.74 Å². The van der Waals surface area contributed by atoms with Crippen molar-refractivity contribution >= 4 is 9.84 Å². The molecule has 0 bridgehead atoms. The summed E-state index contributed by atoms with van der Waals surface area (Å²) in [7, 11) is -1.81. The van der Waals surface area contributed by atoms with Gasteiger partial charge in [0.2, 0.25) is 15.0 Å². The second kappa shape index (κ2) is 5.68. The van der Waals surface area contributed by atoms with Gasteiger partial charge in [0.15, 0.2) is 0 Å². The van der Waals surface area contributed by atoms with E-state index in [-0.39, 0.29) is 11.2 Å². The summed E-state index contributed by atoms with van der Waals surface area (Å²) in [5, 5.41) is 4.51. The molecular weight excluding hydrogens is 316 g/mol. The molecule has 0 atom stereocenters. The number of rotatable bonds is 4. The van der Waals surface area contributed by atoms with E-state index in [9.17, 15) is 8.42 Å². The van der Waals surface area contributed by atoms with Gasteiger partial charge in [0.25, 0.3) is 0 Å². The van der Waals surface area contributed by atoms with Crippen LogP contribution in [-0.2, 0) is 34.0 Å². The number of ether oxygens (including phenoxy) is 1. The quantitative estimate of drug-likeness (QED) is 0.788. The topological polar surface area (TPSA) is 87.0 Å². The Labute approximate surface area is 135 Å². The lowest BCUT2D eigenvalue weighted by molar-refractivity contribution is 0.179. The molecule has 0 spiro atoms. The van der Waals surface area contributed by atoms with Gasteiger partial charge in [-0.1, -0.05) is 0 Å². The monoisotopic (exact) mass is 336 g/mol. The average molecular weight is 336 g/mol. The van der Waals surface area contributed by atoms with E-state index in [2.05, 4.69) is 15.1 Å². The summed E-state index contributed by atoms with van der Waals surface area (Å²) in [5.74, 6) is 0. The number of aryl methyl sites for hydroxylation is 1. The molecule has 8 heteroatoms. The minimum absolute atomic E-state index is 0.136. The van der Waals surface area contributed by atoms with E-state index in [1.54, 1.807) is 13.3 Å². The van der Waals surface area contributed by atoms with Gasteiger partial charge in [0.1, 0.15) is 0 Å². The van der Waals surface area contributed by atoms with Crippen molar-refractivity contribution in [2.24, 2.45) is 0 Å². The summed E-state index contributed by atoms with van der Waals surface area (Å²) in [5.41, 5.74) is 4.49. The lowest BCUT2D eigenvalue weighted by atomic mass is 9.93. The van der Waals surface area contributed by atoms with Gasteiger partial charge >= 0.3 is 0 Å². The Morgan fingerprint density at radius 3 is 2.70 bits per heavy atom. The van der Waals surface area contributed by atoms with E-state index in [1.807, 2.05) is 18.5 Å². The fraction of sp³-hybridized carbons (Fsp3) is 0.533. The van der Waals surface area contributed by atoms with E-state index in [4.69, 9.17) is 4.74 Å². The molecule has 124 valence electrons. The first-order valence-corrected chi connectivity index (χ1v) is 9.37. The van der Waals surface area contributed by atoms with Crippen molar-refractivity contribution in [3.05, 3.63) is 23.0 Å². The molecule has 2 heterocycles. The maximum Gasteiger partial charge on any atom is 0.247 e. The fourth-order valence-electron chi connectivity index (χ4n) is 2.87. The molecule has 0 aliphatic heterocycles. The van der Waals surface area contributed by atoms with Gasteiger partial charge in [-0.25, -0.2) is 18.4 Å². The Kier molecular flexibility index (Phi) is 3.97. The van der Waals surface area contributed by atoms with Crippen LogP contribution in [0.25, 0.3) is 11.4 Å². The van der Waals surface area contributed by atoms with Crippen LogP contribution in [0.2, 0.25) is 0 Å². The highest BCUT2D eigenvalue weighted by Crippen LogP contribution is 2.35. The molecular formula is C15H20N4O3S. The highest BCUT2D eigenvalue weighted by atomic mass is 32.2. The van der Waals surface area contributed by atoms with Gasteiger partial charge in [-0.2, -0.15) is 5.10 Å². The van der Waals surface area contributed by atoms with Crippen LogP contribution in [0.1, 0.15) is 36.7 Å². The van der Waals surface area contributed by atoms with Crippen LogP contribution in [0.3, 0.4) is 0 Å². The SMILES string of the molecule is COCc1nn(C(C)C)c2c1CCc1cnc(S(C)(=O)=O)nc1-2. The van der Waals surface area contributed by atoms with Crippen LogP contribution in [0, 0.1) is 0 Å². The molecule has 2 aromatic rings. The fourth-order valence-corrected chi connectivity index (χ4v) is 3.37. The number of fused-ring (bicyclic) bond motifs is 3. The van der Waals surface area contributed by atoms with E-state index < -0.39 is 9.84 Å². The first-order valence-electron chi connectivity index (χ1n) is 7.48. The number of sulfone groups is 1. The molecule has 0 amide bonds. The first kappa shape index (κ1) is 16.1. The van der Waals surface area contributed by atoms with E-state index >= 15 is 0 Å². The van der Waals surface area contributed by atoms with Crippen molar-refractivity contribution in [2.45, 2.75) is 44.5 Å². The van der Waals surface area contributed by atoms with Gasteiger partial charge in [-0.3, -0.25) is 4.68 Å². The van der Waals surface area contributed by atoms with E-state index in [0.29, 0.717) is 12.3 Å². The molecule has 0 saturated carbocycles. The predicted octanol–water partition coefficient (Wildman–Crippen LogP) is 1.57. The molecule has 23 heavy (non-hydrogen) atoms. The number of methoxy groups -OCH3 is 1. The molecule has 0 aromatic carbocycles. The summed E-state index contributed by atoms with van der Waals surface area (Å²) < 4.78 is 30.7. The van der Waals surface area contributed by atoms with Gasteiger partial charge in [-0.05, 0) is 32.3 Å². The Morgan fingerprint density at radius 2 is 2.09 bits per heavy atom. The third-order valence-corrected chi connectivity index (χ3v) is 4.76. The second-order valence-electron chi connectivity index (χ2n) is 6.04. The Hall–Kier alpha value is -1.80. The van der Waals surface area contributed by atoms with Crippen molar-refractivity contribution in [1.29, 1.82) is 0 Å². The molecule has 0 fully saturated rings. The zero-order valence-corrected chi connectivity index (χ0v) is 14.5. The first-order chi connectivity index (χ1) is 10.8. The number of hydrogen-bond acceptors (Lipinski definition) is 6. The van der Waals surface area contributed by atoms with Crippen LogP contribution >= 0.6 is 0 Å². The highest BCUT2D eigenvalue weighted by Gasteiger charge is 2.28. The molecule has 0 N–H and O–H groups in total. The highest BCUT2D eigenvalue weighted by molar-refractivity contribution is 7.90. The largest absolute Gasteiger partial charge is 0.378 e. The maximum absolute atomic E-state index is 11.8. The molecule has 2 aromatic heterocycles. The lowest BCUT2D eigenvalue weighted by Gasteiger charge is -2.19. The van der Waals surface area contributed by atoms with Crippen molar-refractivity contribution in [3.63, 3.8) is 0 Å². The number of hydrogen-bond donors (Lipinski definition) is 0. The van der Waals surface area contributed by atoms with Crippen molar-refractivity contribution in [3.8, 4) is 11.4 Å². The standard InChI is InChI=1S/C15H20N4O3S/c1-9(2)19-14-11(12(18-19)8-22-3)6-5-10-7-16-15(17-13(10)14)23(4,20)21/h7,9H,5-6,8H2,1-4H3. The molecule has 1 aliphatic rings. The lowest BCUT2D eigenvalue weighted by Crippen LogP contribution is -2.14. The maximum atomic E-state index is 11.8. The molecule has 0 radical (unpaired) electrons. The van der Waals surface area contributed by atoms with Crippen LogP contribution in [-0.4, -0.2) is 41.5 Å². The average Bonchev–Trinajstić information content (AvgIpc) is 2.85. The van der Waals surface area contributed by atoms with Crippen LogP contribution in [0.4, 0.5) is 0 Å². The van der Waals surface area contributed by atoms with Gasteiger partial charge in [-0.15, -0.1) is 0 Å². The third kappa shape index (κ3) is 2.76. The molecule has 7 nitrogen and oxygen atoms in total. The molecule has 3 rings (SSSR count).